The minimum Gasteiger partial charge on any atom is -0.207 e. The van der Waals surface area contributed by atoms with Crippen molar-refractivity contribution in [3.8, 4) is 0 Å². The lowest BCUT2D eigenvalue weighted by Gasteiger charge is -2.27. The zero-order valence-electron chi connectivity index (χ0n) is 10.1. The van der Waals surface area contributed by atoms with Gasteiger partial charge in [-0.2, -0.15) is 0 Å². The topological polar surface area (TPSA) is 46.2 Å². The fourth-order valence-electron chi connectivity index (χ4n) is 2.35. The van der Waals surface area contributed by atoms with Crippen LogP contribution in [0.25, 0.3) is 0 Å². The minimum absolute atomic E-state index is 0.134. The summed E-state index contributed by atoms with van der Waals surface area (Å²) in [7, 11) is -4.04. The second-order valence-corrected chi connectivity index (χ2v) is 6.72. The van der Waals surface area contributed by atoms with Gasteiger partial charge in [0, 0.05) is 17.5 Å². The fourth-order valence-corrected chi connectivity index (χ4v) is 4.28. The van der Waals surface area contributed by atoms with E-state index >= 15 is 0 Å². The van der Waals surface area contributed by atoms with Crippen LogP contribution in [0.4, 0.5) is 8.78 Å². The number of halogens is 3. The van der Waals surface area contributed by atoms with Crippen LogP contribution < -0.4 is 4.72 Å². The molecule has 0 unspecified atom stereocenters. The lowest BCUT2D eigenvalue weighted by Crippen LogP contribution is -2.47. The summed E-state index contributed by atoms with van der Waals surface area (Å²) >= 11 is 5.84. The third kappa shape index (κ3) is 3.07. The zero-order valence-corrected chi connectivity index (χ0v) is 11.7. The number of rotatable bonds is 4. The standard InChI is InChI=1S/C12H14ClF2NO2S/c13-8-12(5-1-2-6-12)16-19(17,18)11-4-3-9(14)7-10(11)15/h3-4,7,16H,1-2,5-6,8H2. The number of hydrogen-bond donors (Lipinski definition) is 1. The number of benzene rings is 1. The molecule has 1 N–H and O–H groups in total. The molecule has 1 saturated carbocycles. The molecule has 1 aliphatic rings. The van der Waals surface area contributed by atoms with Gasteiger partial charge in [-0.25, -0.2) is 21.9 Å². The Kier molecular flexibility index (Phi) is 4.13. The largest absolute Gasteiger partial charge is 0.244 e. The van der Waals surface area contributed by atoms with E-state index in [1.54, 1.807) is 0 Å². The van der Waals surface area contributed by atoms with Crippen molar-refractivity contribution in [3.63, 3.8) is 0 Å². The molecule has 7 heteroatoms. The highest BCUT2D eigenvalue weighted by Gasteiger charge is 2.38. The number of alkyl halides is 1. The quantitative estimate of drug-likeness (QED) is 0.869. The summed E-state index contributed by atoms with van der Waals surface area (Å²) in [4.78, 5) is -0.551. The smallest absolute Gasteiger partial charge is 0.207 e. The van der Waals surface area contributed by atoms with Gasteiger partial charge in [0.05, 0.1) is 0 Å². The summed E-state index contributed by atoms with van der Waals surface area (Å²) in [5.41, 5.74) is -0.721. The molecule has 0 amide bonds. The van der Waals surface area contributed by atoms with Gasteiger partial charge in [0.1, 0.15) is 16.5 Å². The van der Waals surface area contributed by atoms with Gasteiger partial charge < -0.3 is 0 Å². The van der Waals surface area contributed by atoms with Gasteiger partial charge in [-0.05, 0) is 25.0 Å². The third-order valence-electron chi connectivity index (χ3n) is 3.35. The molecule has 1 fully saturated rings. The highest BCUT2D eigenvalue weighted by molar-refractivity contribution is 7.89. The maximum atomic E-state index is 13.6. The molecule has 0 radical (unpaired) electrons. The molecule has 0 heterocycles. The first-order valence-corrected chi connectivity index (χ1v) is 7.95. The Hall–Kier alpha value is -0.720. The molecule has 1 aliphatic carbocycles. The molecule has 1 aromatic carbocycles. The van der Waals surface area contributed by atoms with Crippen molar-refractivity contribution >= 4 is 21.6 Å². The molecular formula is C12H14ClF2NO2S. The summed E-state index contributed by atoms with van der Waals surface area (Å²) < 4.78 is 53.1. The van der Waals surface area contributed by atoms with E-state index in [0.29, 0.717) is 18.9 Å². The average Bonchev–Trinajstić information content (AvgIpc) is 2.77. The number of hydrogen-bond acceptors (Lipinski definition) is 2. The van der Waals surface area contributed by atoms with Crippen molar-refractivity contribution in [1.29, 1.82) is 0 Å². The third-order valence-corrected chi connectivity index (χ3v) is 5.47. The summed E-state index contributed by atoms with van der Waals surface area (Å²) in [5, 5.41) is 0. The Bertz CT molecular complexity index is 571. The lowest BCUT2D eigenvalue weighted by atomic mass is 10.0. The summed E-state index contributed by atoms with van der Waals surface area (Å²) in [6.45, 7) is 0. The summed E-state index contributed by atoms with van der Waals surface area (Å²) in [6, 6.07) is 2.39. The summed E-state index contributed by atoms with van der Waals surface area (Å²) in [5.74, 6) is -1.78. The van der Waals surface area contributed by atoms with E-state index in [1.807, 2.05) is 0 Å². The first-order valence-electron chi connectivity index (χ1n) is 5.94. The maximum Gasteiger partial charge on any atom is 0.244 e. The van der Waals surface area contributed by atoms with Crippen LogP contribution in [0.1, 0.15) is 25.7 Å². The predicted octanol–water partition coefficient (Wildman–Crippen LogP) is 2.79. The van der Waals surface area contributed by atoms with Gasteiger partial charge >= 0.3 is 0 Å². The molecule has 0 bridgehead atoms. The zero-order chi connectivity index (χ0) is 14.1. The molecule has 0 aromatic heterocycles. The van der Waals surface area contributed by atoms with Gasteiger partial charge in [-0.15, -0.1) is 11.6 Å². The molecule has 0 atom stereocenters. The van der Waals surface area contributed by atoms with Crippen LogP contribution in [0.3, 0.4) is 0 Å². The Morgan fingerprint density at radius 3 is 2.42 bits per heavy atom. The van der Waals surface area contributed by atoms with Crippen molar-refractivity contribution in [2.75, 3.05) is 5.88 Å². The van der Waals surface area contributed by atoms with Gasteiger partial charge in [0.15, 0.2) is 0 Å². The van der Waals surface area contributed by atoms with Crippen molar-refractivity contribution < 1.29 is 17.2 Å². The Balaban J connectivity index is 2.32. The highest BCUT2D eigenvalue weighted by atomic mass is 35.5. The van der Waals surface area contributed by atoms with Crippen LogP contribution in [0, 0.1) is 11.6 Å². The molecule has 19 heavy (non-hydrogen) atoms. The SMILES string of the molecule is O=S(=O)(NC1(CCl)CCCC1)c1ccc(F)cc1F. The van der Waals surface area contributed by atoms with Gasteiger partial charge in [0.25, 0.3) is 0 Å². The van der Waals surface area contributed by atoms with Crippen LogP contribution in [-0.2, 0) is 10.0 Å². The molecule has 0 saturated heterocycles. The van der Waals surface area contributed by atoms with Crippen LogP contribution in [0.15, 0.2) is 23.1 Å². The molecule has 1 aromatic rings. The van der Waals surface area contributed by atoms with Crippen molar-refractivity contribution in [3.05, 3.63) is 29.8 Å². The van der Waals surface area contributed by atoms with E-state index in [1.165, 1.54) is 0 Å². The normalized spacial score (nSPS) is 18.7. The Labute approximate surface area is 116 Å². The van der Waals surface area contributed by atoms with Crippen LogP contribution >= 0.6 is 11.6 Å². The van der Waals surface area contributed by atoms with Gasteiger partial charge in [-0.1, -0.05) is 12.8 Å². The number of nitrogens with one attached hydrogen (secondary N) is 1. The minimum atomic E-state index is -4.04. The van der Waals surface area contributed by atoms with Crippen LogP contribution in [0.5, 0.6) is 0 Å². The Morgan fingerprint density at radius 1 is 1.26 bits per heavy atom. The van der Waals surface area contributed by atoms with E-state index in [9.17, 15) is 17.2 Å². The van der Waals surface area contributed by atoms with Crippen molar-refractivity contribution in [2.45, 2.75) is 36.1 Å². The molecule has 2 rings (SSSR count). The van der Waals surface area contributed by atoms with Crippen LogP contribution in [-0.4, -0.2) is 19.8 Å². The molecule has 0 aliphatic heterocycles. The summed E-state index contributed by atoms with van der Waals surface area (Å²) in [6.07, 6.45) is 3.00. The van der Waals surface area contributed by atoms with Crippen LogP contribution in [0.2, 0.25) is 0 Å². The molecular weight excluding hydrogens is 296 g/mol. The lowest BCUT2D eigenvalue weighted by molar-refractivity contribution is 0.430. The monoisotopic (exact) mass is 309 g/mol. The first kappa shape index (κ1) is 14.7. The second-order valence-electron chi connectivity index (χ2n) is 4.80. The molecule has 0 spiro atoms. The van der Waals surface area contributed by atoms with Gasteiger partial charge in [0.2, 0.25) is 10.0 Å². The Morgan fingerprint density at radius 2 is 1.89 bits per heavy atom. The second kappa shape index (κ2) is 5.34. The van der Waals surface area contributed by atoms with E-state index in [0.717, 1.165) is 25.0 Å². The van der Waals surface area contributed by atoms with E-state index in [2.05, 4.69) is 4.72 Å². The average molecular weight is 310 g/mol. The highest BCUT2D eigenvalue weighted by Crippen LogP contribution is 2.32. The molecule has 3 nitrogen and oxygen atoms in total. The van der Waals surface area contributed by atoms with E-state index in [4.69, 9.17) is 11.6 Å². The predicted molar refractivity (Wildman–Crippen MR) is 68.6 cm³/mol. The van der Waals surface area contributed by atoms with Gasteiger partial charge in [-0.3, -0.25) is 0 Å². The fraction of sp³-hybridized carbons (Fsp3) is 0.500. The van der Waals surface area contributed by atoms with E-state index < -0.39 is 32.1 Å². The molecule has 106 valence electrons. The van der Waals surface area contributed by atoms with Crippen molar-refractivity contribution in [2.24, 2.45) is 0 Å². The first-order chi connectivity index (χ1) is 8.88. The van der Waals surface area contributed by atoms with Crippen molar-refractivity contribution in [1.82, 2.24) is 4.72 Å². The van der Waals surface area contributed by atoms with E-state index in [-0.39, 0.29) is 5.88 Å². The number of sulfonamides is 1. The maximum absolute atomic E-state index is 13.6.